The first-order valence-electron chi connectivity index (χ1n) is 9.10. The Balaban J connectivity index is 1.62. The Morgan fingerprint density at radius 3 is 2.07 bits per heavy atom. The van der Waals surface area contributed by atoms with Crippen LogP contribution < -0.4 is 15.5 Å². The van der Waals surface area contributed by atoms with Gasteiger partial charge in [0.25, 0.3) is 5.91 Å². The number of benzene rings is 2. The van der Waals surface area contributed by atoms with Crippen LogP contribution in [0.25, 0.3) is 0 Å². The zero-order valence-corrected chi connectivity index (χ0v) is 16.6. The molecule has 1 amide bonds. The minimum atomic E-state index is -0.280. The second-order valence-corrected chi connectivity index (χ2v) is 6.54. The van der Waals surface area contributed by atoms with Gasteiger partial charge in [-0.3, -0.25) is 4.79 Å². The van der Waals surface area contributed by atoms with E-state index in [1.807, 2.05) is 12.1 Å². The van der Waals surface area contributed by atoms with Crippen molar-refractivity contribution in [2.45, 2.75) is 13.8 Å². The molecular weight excluding hydrogens is 374 g/mol. The molecule has 0 aliphatic carbocycles. The standard InChI is InChI=1S/C21H22ClN5O/c1-3-27(4-2)19-11-9-18(10-12-19)26-21-23-13-15(14-24-21)20(28)25-17-7-5-16(22)6-8-17/h5-14H,3-4H2,1-2H3,(H,25,28)(H,23,24,26). The van der Waals surface area contributed by atoms with Gasteiger partial charge >= 0.3 is 0 Å². The highest BCUT2D eigenvalue weighted by molar-refractivity contribution is 6.30. The Labute approximate surface area is 169 Å². The average Bonchev–Trinajstić information content (AvgIpc) is 2.72. The number of anilines is 4. The Morgan fingerprint density at radius 2 is 1.50 bits per heavy atom. The van der Waals surface area contributed by atoms with Crippen molar-refractivity contribution in [3.05, 3.63) is 71.5 Å². The summed E-state index contributed by atoms with van der Waals surface area (Å²) in [4.78, 5) is 23.0. The molecule has 0 bridgehead atoms. The van der Waals surface area contributed by atoms with Gasteiger partial charge in [0.05, 0.1) is 5.56 Å². The molecule has 3 rings (SSSR count). The monoisotopic (exact) mass is 395 g/mol. The maximum absolute atomic E-state index is 12.3. The third kappa shape index (κ3) is 4.98. The molecule has 144 valence electrons. The van der Waals surface area contributed by atoms with Crippen LogP contribution in [0.3, 0.4) is 0 Å². The van der Waals surface area contributed by atoms with Gasteiger partial charge in [0.15, 0.2) is 0 Å². The molecule has 28 heavy (non-hydrogen) atoms. The fourth-order valence-electron chi connectivity index (χ4n) is 2.72. The van der Waals surface area contributed by atoms with E-state index in [9.17, 15) is 4.79 Å². The first kappa shape index (κ1) is 19.6. The predicted molar refractivity (Wildman–Crippen MR) is 115 cm³/mol. The van der Waals surface area contributed by atoms with Crippen LogP contribution >= 0.6 is 11.6 Å². The highest BCUT2D eigenvalue weighted by Crippen LogP contribution is 2.20. The smallest absolute Gasteiger partial charge is 0.258 e. The van der Waals surface area contributed by atoms with Crippen molar-refractivity contribution in [1.82, 2.24) is 9.97 Å². The number of amides is 1. The summed E-state index contributed by atoms with van der Waals surface area (Å²) in [5.74, 6) is 0.149. The van der Waals surface area contributed by atoms with E-state index in [0.717, 1.165) is 18.8 Å². The molecule has 0 radical (unpaired) electrons. The largest absolute Gasteiger partial charge is 0.372 e. The summed E-state index contributed by atoms with van der Waals surface area (Å²) in [5, 5.41) is 6.53. The number of halogens is 1. The van der Waals surface area contributed by atoms with E-state index in [1.54, 1.807) is 24.3 Å². The molecule has 0 saturated carbocycles. The molecular formula is C21H22ClN5O. The predicted octanol–water partition coefficient (Wildman–Crippen LogP) is 4.97. The molecule has 0 aliphatic rings. The molecule has 6 nitrogen and oxygen atoms in total. The average molecular weight is 396 g/mol. The van der Waals surface area contributed by atoms with E-state index < -0.39 is 0 Å². The fraction of sp³-hybridized carbons (Fsp3) is 0.190. The van der Waals surface area contributed by atoms with Crippen molar-refractivity contribution in [2.24, 2.45) is 0 Å². The maximum Gasteiger partial charge on any atom is 0.258 e. The SMILES string of the molecule is CCN(CC)c1ccc(Nc2ncc(C(=O)Nc3ccc(Cl)cc3)cn2)cc1. The number of hydrogen-bond donors (Lipinski definition) is 2. The van der Waals surface area contributed by atoms with E-state index in [0.29, 0.717) is 22.2 Å². The molecule has 1 heterocycles. The number of hydrogen-bond acceptors (Lipinski definition) is 5. The van der Waals surface area contributed by atoms with Crippen molar-refractivity contribution >= 4 is 40.5 Å². The van der Waals surface area contributed by atoms with E-state index >= 15 is 0 Å². The van der Waals surface area contributed by atoms with Crippen LogP contribution in [0.2, 0.25) is 5.02 Å². The summed E-state index contributed by atoms with van der Waals surface area (Å²) in [6.45, 7) is 6.19. The third-order valence-corrected chi connectivity index (χ3v) is 4.52. The lowest BCUT2D eigenvalue weighted by atomic mass is 10.2. The van der Waals surface area contributed by atoms with Gasteiger partial charge in [-0.25, -0.2) is 9.97 Å². The summed E-state index contributed by atoms with van der Waals surface area (Å²) in [6.07, 6.45) is 2.98. The maximum atomic E-state index is 12.3. The van der Waals surface area contributed by atoms with E-state index in [-0.39, 0.29) is 5.91 Å². The summed E-state index contributed by atoms with van der Waals surface area (Å²) < 4.78 is 0. The van der Waals surface area contributed by atoms with Crippen LogP contribution in [-0.2, 0) is 0 Å². The van der Waals surface area contributed by atoms with Crippen LogP contribution in [0, 0.1) is 0 Å². The van der Waals surface area contributed by atoms with Gasteiger partial charge in [-0.1, -0.05) is 11.6 Å². The molecule has 0 saturated heterocycles. The molecule has 0 atom stereocenters. The first-order chi connectivity index (χ1) is 13.6. The van der Waals surface area contributed by atoms with Crippen molar-refractivity contribution < 1.29 is 4.79 Å². The summed E-state index contributed by atoms with van der Waals surface area (Å²) >= 11 is 5.85. The zero-order valence-electron chi connectivity index (χ0n) is 15.8. The second kappa shape index (κ2) is 9.19. The van der Waals surface area contributed by atoms with Gasteiger partial charge in [-0.15, -0.1) is 0 Å². The van der Waals surface area contributed by atoms with E-state index in [4.69, 9.17) is 11.6 Å². The Morgan fingerprint density at radius 1 is 0.929 bits per heavy atom. The minimum absolute atomic E-state index is 0.280. The van der Waals surface area contributed by atoms with Crippen molar-refractivity contribution in [1.29, 1.82) is 0 Å². The van der Waals surface area contributed by atoms with Crippen LogP contribution in [0.15, 0.2) is 60.9 Å². The Kier molecular flexibility index (Phi) is 6.45. The Hall–Kier alpha value is -3.12. The molecule has 3 aromatic rings. The van der Waals surface area contributed by atoms with Gasteiger partial charge in [-0.05, 0) is 62.4 Å². The van der Waals surface area contributed by atoms with Crippen molar-refractivity contribution in [2.75, 3.05) is 28.6 Å². The molecule has 1 aromatic heterocycles. The summed E-state index contributed by atoms with van der Waals surface area (Å²) in [5.41, 5.74) is 3.09. The van der Waals surface area contributed by atoms with Crippen molar-refractivity contribution in [3.63, 3.8) is 0 Å². The molecule has 0 aliphatic heterocycles. The number of rotatable bonds is 7. The van der Waals surface area contributed by atoms with Gasteiger partial charge in [-0.2, -0.15) is 0 Å². The lowest BCUT2D eigenvalue weighted by molar-refractivity contribution is 0.102. The highest BCUT2D eigenvalue weighted by atomic mass is 35.5. The molecule has 7 heteroatoms. The van der Waals surface area contributed by atoms with Gasteiger partial charge < -0.3 is 15.5 Å². The first-order valence-corrected chi connectivity index (χ1v) is 9.48. The number of nitrogens with one attached hydrogen (secondary N) is 2. The van der Waals surface area contributed by atoms with Crippen LogP contribution in [0.1, 0.15) is 24.2 Å². The molecule has 0 spiro atoms. The number of carbonyl (C=O) groups excluding carboxylic acids is 1. The second-order valence-electron chi connectivity index (χ2n) is 6.10. The van der Waals surface area contributed by atoms with E-state index in [2.05, 4.69) is 51.5 Å². The molecule has 0 fully saturated rings. The third-order valence-electron chi connectivity index (χ3n) is 4.27. The Bertz CT molecular complexity index is 907. The molecule has 2 aromatic carbocycles. The number of carbonyl (C=O) groups is 1. The van der Waals surface area contributed by atoms with Crippen molar-refractivity contribution in [3.8, 4) is 0 Å². The van der Waals surface area contributed by atoms with Gasteiger partial charge in [0.2, 0.25) is 5.95 Å². The van der Waals surface area contributed by atoms with Crippen LogP contribution in [0.5, 0.6) is 0 Å². The topological polar surface area (TPSA) is 70.2 Å². The van der Waals surface area contributed by atoms with Gasteiger partial charge in [0, 0.05) is 47.6 Å². The number of aromatic nitrogens is 2. The quantitative estimate of drug-likeness (QED) is 0.590. The minimum Gasteiger partial charge on any atom is -0.372 e. The highest BCUT2D eigenvalue weighted by Gasteiger charge is 2.08. The van der Waals surface area contributed by atoms with Gasteiger partial charge in [0.1, 0.15) is 0 Å². The lowest BCUT2D eigenvalue weighted by Crippen LogP contribution is -2.21. The molecule has 0 unspecified atom stereocenters. The normalized spacial score (nSPS) is 10.4. The molecule has 2 N–H and O–H groups in total. The number of nitrogens with zero attached hydrogens (tertiary/aromatic N) is 3. The lowest BCUT2D eigenvalue weighted by Gasteiger charge is -2.21. The van der Waals surface area contributed by atoms with Crippen LogP contribution in [0.4, 0.5) is 23.0 Å². The van der Waals surface area contributed by atoms with Crippen LogP contribution in [-0.4, -0.2) is 29.0 Å². The summed E-state index contributed by atoms with van der Waals surface area (Å²) in [6, 6.07) is 15.0. The fourth-order valence-corrected chi connectivity index (χ4v) is 2.85. The zero-order chi connectivity index (χ0) is 19.9. The van der Waals surface area contributed by atoms with E-state index in [1.165, 1.54) is 18.1 Å². The summed E-state index contributed by atoms with van der Waals surface area (Å²) in [7, 11) is 0.